The molecule has 0 spiro atoms. The van der Waals surface area contributed by atoms with Crippen molar-refractivity contribution in [3.63, 3.8) is 0 Å². The summed E-state index contributed by atoms with van der Waals surface area (Å²) in [6.45, 7) is 2.53. The number of halogens is 4. The van der Waals surface area contributed by atoms with E-state index >= 15 is 0 Å². The first-order valence-corrected chi connectivity index (χ1v) is 10.5. The van der Waals surface area contributed by atoms with Gasteiger partial charge in [0.1, 0.15) is 11.3 Å². The summed E-state index contributed by atoms with van der Waals surface area (Å²) in [5.41, 5.74) is 1.02. The average Bonchev–Trinajstić information content (AvgIpc) is 3.42. The zero-order chi connectivity index (χ0) is 23.0. The number of aromatic nitrogens is 7. The first-order chi connectivity index (χ1) is 15.9. The Labute approximate surface area is 185 Å². The zero-order valence-electron chi connectivity index (χ0n) is 17.5. The standard InChI is InChI=1S/C21H20F4N8/c22-16-4-1-14(2-5-16)12-32-20(27-28-30-32)13-31-9-7-17(8-10-31)33-19-6-3-15(21(23,24)25)11-18(19)26-29-33/h1-6,11,17H,7-10,12-13H2. The van der Waals surface area contributed by atoms with Crippen molar-refractivity contribution in [3.8, 4) is 0 Å². The monoisotopic (exact) mass is 460 g/mol. The van der Waals surface area contributed by atoms with E-state index in [1.165, 1.54) is 18.2 Å². The van der Waals surface area contributed by atoms with Gasteiger partial charge in [-0.25, -0.2) is 13.8 Å². The van der Waals surface area contributed by atoms with E-state index in [2.05, 4.69) is 30.7 Å². The maximum Gasteiger partial charge on any atom is 0.416 e. The lowest BCUT2D eigenvalue weighted by Gasteiger charge is -2.31. The third kappa shape index (κ3) is 4.56. The van der Waals surface area contributed by atoms with Crippen molar-refractivity contribution in [2.45, 2.75) is 38.1 Å². The van der Waals surface area contributed by atoms with Crippen LogP contribution in [0.5, 0.6) is 0 Å². The topological polar surface area (TPSA) is 77.5 Å². The van der Waals surface area contributed by atoms with E-state index in [0.717, 1.165) is 43.6 Å². The summed E-state index contributed by atoms with van der Waals surface area (Å²) in [6, 6.07) is 9.81. The van der Waals surface area contributed by atoms with Crippen LogP contribution in [0.4, 0.5) is 17.6 Å². The minimum Gasteiger partial charge on any atom is -0.296 e. The maximum atomic E-state index is 13.1. The van der Waals surface area contributed by atoms with E-state index in [1.807, 2.05) is 0 Å². The van der Waals surface area contributed by atoms with Gasteiger partial charge in [0.25, 0.3) is 0 Å². The summed E-state index contributed by atoms with van der Waals surface area (Å²) in [5.74, 6) is 0.420. The van der Waals surface area contributed by atoms with Gasteiger partial charge in [0, 0.05) is 13.1 Å². The van der Waals surface area contributed by atoms with Gasteiger partial charge in [-0.3, -0.25) is 4.90 Å². The molecule has 172 valence electrons. The van der Waals surface area contributed by atoms with Crippen LogP contribution < -0.4 is 0 Å². The van der Waals surface area contributed by atoms with E-state index in [0.29, 0.717) is 24.4 Å². The second-order valence-corrected chi connectivity index (χ2v) is 8.12. The van der Waals surface area contributed by atoms with Crippen LogP contribution in [0.3, 0.4) is 0 Å². The first-order valence-electron chi connectivity index (χ1n) is 10.5. The Kier molecular flexibility index (Phi) is 5.52. The lowest BCUT2D eigenvalue weighted by molar-refractivity contribution is -0.137. The molecule has 2 aromatic carbocycles. The number of fused-ring (bicyclic) bond motifs is 1. The molecular weight excluding hydrogens is 440 g/mol. The third-order valence-corrected chi connectivity index (χ3v) is 5.92. The highest BCUT2D eigenvalue weighted by molar-refractivity contribution is 5.75. The Bertz CT molecular complexity index is 1240. The number of hydrogen-bond donors (Lipinski definition) is 0. The van der Waals surface area contributed by atoms with Gasteiger partial charge in [-0.05, 0) is 59.2 Å². The van der Waals surface area contributed by atoms with Crippen molar-refractivity contribution in [2.24, 2.45) is 0 Å². The van der Waals surface area contributed by atoms with Crippen LogP contribution in [0.15, 0.2) is 42.5 Å². The SMILES string of the molecule is Fc1ccc(Cn2nnnc2CN2CCC(n3nnc4cc(C(F)(F)F)ccc43)CC2)cc1. The molecule has 0 atom stereocenters. The molecule has 33 heavy (non-hydrogen) atoms. The van der Waals surface area contributed by atoms with Crippen LogP contribution in [0, 0.1) is 5.82 Å². The van der Waals surface area contributed by atoms with Crippen LogP contribution >= 0.6 is 0 Å². The highest BCUT2D eigenvalue weighted by atomic mass is 19.4. The van der Waals surface area contributed by atoms with Gasteiger partial charge in [0.15, 0.2) is 5.82 Å². The first kappa shape index (κ1) is 21.4. The molecule has 1 saturated heterocycles. The number of likely N-dealkylation sites (tertiary alicyclic amines) is 1. The predicted molar refractivity (Wildman–Crippen MR) is 109 cm³/mol. The molecule has 0 aliphatic carbocycles. The summed E-state index contributed by atoms with van der Waals surface area (Å²) in [6.07, 6.45) is -2.85. The Morgan fingerprint density at radius 3 is 2.39 bits per heavy atom. The molecule has 0 N–H and O–H groups in total. The molecule has 3 heterocycles. The fourth-order valence-electron chi connectivity index (χ4n) is 4.13. The minimum absolute atomic E-state index is 0.0539. The van der Waals surface area contributed by atoms with Crippen molar-refractivity contribution in [1.29, 1.82) is 0 Å². The number of benzene rings is 2. The lowest BCUT2D eigenvalue weighted by Crippen LogP contribution is -2.35. The Balaban J connectivity index is 1.23. The van der Waals surface area contributed by atoms with E-state index < -0.39 is 11.7 Å². The van der Waals surface area contributed by atoms with Gasteiger partial charge in [-0.15, -0.1) is 10.2 Å². The quantitative estimate of drug-likeness (QED) is 0.425. The second-order valence-electron chi connectivity index (χ2n) is 8.12. The molecule has 1 aliphatic rings. The molecule has 4 aromatic rings. The van der Waals surface area contributed by atoms with Crippen molar-refractivity contribution >= 4 is 11.0 Å². The van der Waals surface area contributed by atoms with Gasteiger partial charge in [-0.2, -0.15) is 13.2 Å². The van der Waals surface area contributed by atoms with Gasteiger partial charge in [-0.1, -0.05) is 17.3 Å². The van der Waals surface area contributed by atoms with E-state index in [1.54, 1.807) is 21.5 Å². The molecule has 1 fully saturated rings. The largest absolute Gasteiger partial charge is 0.416 e. The number of nitrogens with zero attached hydrogens (tertiary/aromatic N) is 8. The summed E-state index contributed by atoms with van der Waals surface area (Å²) in [7, 11) is 0. The van der Waals surface area contributed by atoms with Crippen LogP contribution in [-0.4, -0.2) is 53.2 Å². The summed E-state index contributed by atoms with van der Waals surface area (Å²) < 4.78 is 55.4. The van der Waals surface area contributed by atoms with Crippen LogP contribution in [0.25, 0.3) is 11.0 Å². The fourth-order valence-corrected chi connectivity index (χ4v) is 4.13. The normalized spacial score (nSPS) is 16.0. The van der Waals surface area contributed by atoms with Gasteiger partial charge < -0.3 is 0 Å². The molecule has 0 amide bonds. The summed E-state index contributed by atoms with van der Waals surface area (Å²) >= 11 is 0. The number of tetrazole rings is 1. The Morgan fingerprint density at radius 2 is 1.67 bits per heavy atom. The predicted octanol–water partition coefficient (Wildman–Crippen LogP) is 3.46. The number of piperidine rings is 1. The van der Waals surface area contributed by atoms with Crippen molar-refractivity contribution in [2.75, 3.05) is 13.1 Å². The van der Waals surface area contributed by atoms with E-state index in [-0.39, 0.29) is 17.4 Å². The van der Waals surface area contributed by atoms with Crippen LogP contribution in [-0.2, 0) is 19.3 Å². The minimum atomic E-state index is -4.41. The third-order valence-electron chi connectivity index (χ3n) is 5.92. The molecule has 0 saturated carbocycles. The van der Waals surface area contributed by atoms with Crippen molar-refractivity contribution in [1.82, 2.24) is 40.1 Å². The molecule has 0 bridgehead atoms. The highest BCUT2D eigenvalue weighted by Gasteiger charge is 2.31. The number of hydrogen-bond acceptors (Lipinski definition) is 6. The van der Waals surface area contributed by atoms with Crippen molar-refractivity contribution < 1.29 is 17.6 Å². The number of alkyl halides is 3. The summed E-state index contributed by atoms with van der Waals surface area (Å²) in [4.78, 5) is 2.23. The maximum absolute atomic E-state index is 13.1. The van der Waals surface area contributed by atoms with Gasteiger partial charge >= 0.3 is 6.18 Å². The van der Waals surface area contributed by atoms with Crippen LogP contribution in [0.2, 0.25) is 0 Å². The molecule has 8 nitrogen and oxygen atoms in total. The second kappa shape index (κ2) is 8.50. The molecule has 1 aliphatic heterocycles. The van der Waals surface area contributed by atoms with E-state index in [9.17, 15) is 17.6 Å². The van der Waals surface area contributed by atoms with Gasteiger partial charge in [0.05, 0.1) is 30.2 Å². The Hall–Kier alpha value is -3.41. The van der Waals surface area contributed by atoms with Crippen LogP contribution in [0.1, 0.15) is 35.8 Å². The van der Waals surface area contributed by atoms with Gasteiger partial charge in [0.2, 0.25) is 0 Å². The summed E-state index contributed by atoms with van der Waals surface area (Å²) in [5, 5.41) is 20.0. The fraction of sp³-hybridized carbons (Fsp3) is 0.381. The van der Waals surface area contributed by atoms with Crippen molar-refractivity contribution in [3.05, 3.63) is 65.2 Å². The highest BCUT2D eigenvalue weighted by Crippen LogP contribution is 2.32. The number of rotatable bonds is 5. The molecular formula is C21H20F4N8. The molecule has 5 rings (SSSR count). The zero-order valence-corrected chi connectivity index (χ0v) is 17.5. The Morgan fingerprint density at radius 1 is 0.909 bits per heavy atom. The molecule has 0 radical (unpaired) electrons. The molecule has 12 heteroatoms. The average molecular weight is 460 g/mol. The smallest absolute Gasteiger partial charge is 0.296 e. The molecule has 2 aromatic heterocycles. The lowest BCUT2D eigenvalue weighted by atomic mass is 10.0. The van der Waals surface area contributed by atoms with E-state index in [4.69, 9.17) is 0 Å². The molecule has 0 unspecified atom stereocenters.